The summed E-state index contributed by atoms with van der Waals surface area (Å²) in [5.74, 6) is 0.0478. The Labute approximate surface area is 153 Å². The molecule has 3 N–H and O–H groups in total. The Morgan fingerprint density at radius 1 is 1.37 bits per heavy atom. The smallest absolute Gasteiger partial charge is 0.348 e. The van der Waals surface area contributed by atoms with E-state index in [0.29, 0.717) is 0 Å². The van der Waals surface area contributed by atoms with Crippen LogP contribution in [0, 0.1) is 16.0 Å². The third-order valence-corrected chi connectivity index (χ3v) is 4.06. The van der Waals surface area contributed by atoms with Gasteiger partial charge in [0.15, 0.2) is 0 Å². The number of nitro groups is 1. The van der Waals surface area contributed by atoms with Crippen molar-refractivity contribution in [2.45, 2.75) is 13.8 Å². The lowest BCUT2D eigenvalue weighted by atomic mass is 10.1. The van der Waals surface area contributed by atoms with Crippen LogP contribution in [0.4, 0.5) is 11.4 Å². The second-order valence-corrected chi connectivity index (χ2v) is 8.06. The fourth-order valence-corrected chi connectivity index (χ4v) is 3.06. The molecule has 148 valence electrons. The van der Waals surface area contributed by atoms with Crippen molar-refractivity contribution in [3.63, 3.8) is 0 Å². The molecule has 1 heterocycles. The maximum absolute atomic E-state index is 12.6. The highest BCUT2D eigenvalue weighted by atomic mass is 32.2. The van der Waals surface area contributed by atoms with Gasteiger partial charge in [-0.15, -0.1) is 0 Å². The van der Waals surface area contributed by atoms with E-state index in [-0.39, 0.29) is 33.7 Å². The van der Waals surface area contributed by atoms with Crippen molar-refractivity contribution in [2.24, 2.45) is 5.92 Å². The van der Waals surface area contributed by atoms with E-state index in [9.17, 15) is 33.2 Å². The van der Waals surface area contributed by atoms with Gasteiger partial charge in [0.05, 0.1) is 22.1 Å². The van der Waals surface area contributed by atoms with Crippen LogP contribution in [0.5, 0.6) is 0 Å². The number of nitrogens with one attached hydrogen (secondary N) is 2. The summed E-state index contributed by atoms with van der Waals surface area (Å²) in [7, 11) is -3.93. The van der Waals surface area contributed by atoms with E-state index >= 15 is 0 Å². The summed E-state index contributed by atoms with van der Waals surface area (Å²) in [5.41, 5.74) is -2.67. The number of benzene rings is 1. The highest BCUT2D eigenvalue weighted by Gasteiger charge is 2.23. The molecular formula is C14H19N5O7S. The van der Waals surface area contributed by atoms with Crippen LogP contribution in [0.1, 0.15) is 13.8 Å². The summed E-state index contributed by atoms with van der Waals surface area (Å²) >= 11 is 0. The number of hydrogen-bond acceptors (Lipinski definition) is 8. The standard InChI is InChI=1S/C14H19N5O7S/c1-8(2)6-17(7-20)11-4-9-10(5-12(11)19(23)24)15-14(22)18(13(9)21)16-27(3,25)26/h4-5,8,16,20H,6-7H2,1-3H3,(H,15,22). The minimum Gasteiger partial charge on any atom is -0.376 e. The van der Waals surface area contributed by atoms with E-state index in [1.165, 1.54) is 4.90 Å². The van der Waals surface area contributed by atoms with Crippen LogP contribution < -0.4 is 21.0 Å². The third kappa shape index (κ3) is 4.43. The van der Waals surface area contributed by atoms with Gasteiger partial charge in [0.2, 0.25) is 10.0 Å². The normalized spacial score (nSPS) is 11.7. The van der Waals surface area contributed by atoms with Crippen LogP contribution in [0.15, 0.2) is 21.7 Å². The lowest BCUT2D eigenvalue weighted by molar-refractivity contribution is -0.384. The number of anilines is 1. The number of nitro benzene ring substituents is 1. The highest BCUT2D eigenvalue weighted by Crippen LogP contribution is 2.31. The first-order chi connectivity index (χ1) is 12.4. The second-order valence-electron chi connectivity index (χ2n) is 6.34. The van der Waals surface area contributed by atoms with Gasteiger partial charge in [-0.2, -0.15) is 4.68 Å². The number of hydrogen-bond donors (Lipinski definition) is 3. The van der Waals surface area contributed by atoms with E-state index in [1.54, 1.807) is 4.83 Å². The molecule has 0 unspecified atom stereocenters. The van der Waals surface area contributed by atoms with Gasteiger partial charge in [-0.1, -0.05) is 13.8 Å². The van der Waals surface area contributed by atoms with Gasteiger partial charge >= 0.3 is 5.69 Å². The first kappa shape index (κ1) is 20.4. The number of aromatic nitrogens is 2. The van der Waals surface area contributed by atoms with E-state index in [4.69, 9.17) is 0 Å². The van der Waals surface area contributed by atoms with Gasteiger partial charge in [0.25, 0.3) is 11.2 Å². The van der Waals surface area contributed by atoms with Gasteiger partial charge in [0, 0.05) is 12.6 Å². The van der Waals surface area contributed by atoms with Gasteiger partial charge in [-0.3, -0.25) is 14.9 Å². The topological polar surface area (TPSA) is 168 Å². The quantitative estimate of drug-likeness (QED) is 0.317. The van der Waals surface area contributed by atoms with Crippen molar-refractivity contribution in [2.75, 3.05) is 29.3 Å². The first-order valence-corrected chi connectivity index (χ1v) is 9.64. The van der Waals surface area contributed by atoms with Crippen molar-refractivity contribution in [3.8, 4) is 0 Å². The Kier molecular flexibility index (Phi) is 5.56. The van der Waals surface area contributed by atoms with E-state index < -0.39 is 38.6 Å². The van der Waals surface area contributed by atoms with Crippen LogP contribution in [-0.2, 0) is 10.0 Å². The molecule has 12 nitrogen and oxygen atoms in total. The van der Waals surface area contributed by atoms with Crippen LogP contribution in [0.2, 0.25) is 0 Å². The zero-order valence-corrected chi connectivity index (χ0v) is 15.6. The number of aliphatic hydroxyl groups excluding tert-OH is 1. The van der Waals surface area contributed by atoms with Crippen molar-refractivity contribution in [3.05, 3.63) is 43.1 Å². The average Bonchev–Trinajstić information content (AvgIpc) is 2.54. The molecule has 27 heavy (non-hydrogen) atoms. The molecule has 0 aliphatic heterocycles. The highest BCUT2D eigenvalue weighted by molar-refractivity contribution is 7.91. The zero-order valence-electron chi connectivity index (χ0n) is 14.8. The molecule has 0 bridgehead atoms. The van der Waals surface area contributed by atoms with Crippen LogP contribution in [0.3, 0.4) is 0 Å². The summed E-state index contributed by atoms with van der Waals surface area (Å²) < 4.78 is 23.0. The number of nitrogens with zero attached hydrogens (tertiary/aromatic N) is 3. The number of sulfonamides is 1. The molecule has 1 aromatic heterocycles. The maximum atomic E-state index is 12.6. The molecule has 0 fully saturated rings. The molecule has 0 radical (unpaired) electrons. The first-order valence-electron chi connectivity index (χ1n) is 7.75. The van der Waals surface area contributed by atoms with E-state index in [2.05, 4.69) is 4.98 Å². The maximum Gasteiger partial charge on any atom is 0.348 e. The van der Waals surface area contributed by atoms with Crippen LogP contribution in [-0.4, -0.2) is 47.6 Å². The number of fused-ring (bicyclic) bond motifs is 1. The average molecular weight is 401 g/mol. The fraction of sp³-hybridized carbons (Fsp3) is 0.429. The molecule has 0 aliphatic rings. The lowest BCUT2D eigenvalue weighted by Gasteiger charge is -2.24. The molecule has 0 aliphatic carbocycles. The Morgan fingerprint density at radius 3 is 2.48 bits per heavy atom. The predicted octanol–water partition coefficient (Wildman–Crippen LogP) is -0.487. The lowest BCUT2D eigenvalue weighted by Crippen LogP contribution is -2.43. The molecule has 0 saturated heterocycles. The largest absolute Gasteiger partial charge is 0.376 e. The van der Waals surface area contributed by atoms with Gasteiger partial charge in [-0.25, -0.2) is 18.0 Å². The van der Waals surface area contributed by atoms with Gasteiger partial charge < -0.3 is 15.0 Å². The molecular weight excluding hydrogens is 382 g/mol. The van der Waals surface area contributed by atoms with Crippen LogP contribution >= 0.6 is 0 Å². The van der Waals surface area contributed by atoms with E-state index in [1.807, 2.05) is 13.8 Å². The number of aromatic amines is 1. The van der Waals surface area contributed by atoms with Crippen molar-refractivity contribution in [1.29, 1.82) is 0 Å². The Morgan fingerprint density at radius 2 is 2.00 bits per heavy atom. The SMILES string of the molecule is CC(C)CN(CO)c1cc2c(=O)n(NS(C)(=O)=O)c(=O)[nH]c2cc1[N+](=O)[O-]. The summed E-state index contributed by atoms with van der Waals surface area (Å²) in [5, 5.41) is 20.9. The van der Waals surface area contributed by atoms with Crippen molar-refractivity contribution in [1.82, 2.24) is 9.66 Å². The molecule has 13 heteroatoms. The molecule has 0 spiro atoms. The Balaban J connectivity index is 2.83. The fourth-order valence-electron chi connectivity index (χ4n) is 2.56. The molecule has 2 aromatic rings. The summed E-state index contributed by atoms with van der Waals surface area (Å²) in [6.45, 7) is 3.41. The minimum absolute atomic E-state index is 0.0289. The van der Waals surface area contributed by atoms with Crippen LogP contribution in [0.25, 0.3) is 10.9 Å². The third-order valence-electron chi connectivity index (χ3n) is 3.54. The molecule has 0 saturated carbocycles. The number of H-pyrrole nitrogens is 1. The molecule has 0 amide bonds. The van der Waals surface area contributed by atoms with Gasteiger partial charge in [-0.05, 0) is 12.0 Å². The number of rotatable bonds is 7. The van der Waals surface area contributed by atoms with E-state index in [0.717, 1.165) is 18.4 Å². The summed E-state index contributed by atoms with van der Waals surface area (Å²) in [4.78, 5) is 40.6. The molecule has 0 atom stereocenters. The summed E-state index contributed by atoms with van der Waals surface area (Å²) in [6.07, 6.45) is 0.764. The molecule has 2 rings (SSSR count). The second kappa shape index (κ2) is 7.36. The zero-order chi connectivity index (χ0) is 20.5. The summed E-state index contributed by atoms with van der Waals surface area (Å²) in [6, 6.07) is 2.14. The Bertz CT molecular complexity index is 1100. The number of aliphatic hydroxyl groups is 1. The molecule has 1 aromatic carbocycles. The predicted molar refractivity (Wildman–Crippen MR) is 99.0 cm³/mol. The van der Waals surface area contributed by atoms with Crippen molar-refractivity contribution >= 4 is 32.3 Å². The Hall–Kier alpha value is -2.93. The van der Waals surface area contributed by atoms with Gasteiger partial charge in [0.1, 0.15) is 12.4 Å². The monoisotopic (exact) mass is 401 g/mol. The van der Waals surface area contributed by atoms with Crippen molar-refractivity contribution < 1.29 is 18.4 Å². The minimum atomic E-state index is -3.93.